The van der Waals surface area contributed by atoms with Gasteiger partial charge in [-0.3, -0.25) is 19.3 Å². The number of nitrogens with one attached hydrogen (secondary N) is 1. The minimum atomic E-state index is -2.95. The number of amides is 3. The highest BCUT2D eigenvalue weighted by Gasteiger charge is 2.28. The zero-order valence-corrected chi connectivity index (χ0v) is 11.6. The molecule has 1 saturated heterocycles. The van der Waals surface area contributed by atoms with Crippen molar-refractivity contribution in [3.63, 3.8) is 0 Å². The molecule has 0 spiro atoms. The molecule has 1 aromatic carbocycles. The molecule has 0 aromatic heterocycles. The van der Waals surface area contributed by atoms with Crippen LogP contribution >= 0.6 is 0 Å². The molecule has 0 saturated carbocycles. The molecule has 0 aliphatic carbocycles. The van der Waals surface area contributed by atoms with Gasteiger partial charge in [0.1, 0.15) is 5.75 Å². The van der Waals surface area contributed by atoms with Crippen molar-refractivity contribution in [3.05, 3.63) is 24.3 Å². The Bertz CT molecular complexity index is 576. The first-order valence-electron chi connectivity index (χ1n) is 6.63. The van der Waals surface area contributed by atoms with Crippen molar-refractivity contribution in [1.82, 2.24) is 4.90 Å². The fraction of sp³-hybridized carbons (Fsp3) is 0.357. The summed E-state index contributed by atoms with van der Waals surface area (Å²) in [6.07, 6.45) is 0.290. The fourth-order valence-corrected chi connectivity index (χ4v) is 2.06. The summed E-state index contributed by atoms with van der Waals surface area (Å²) in [5.41, 5.74) is 0.294. The number of hydrogen-bond acceptors (Lipinski definition) is 4. The molecule has 1 N–H and O–H groups in total. The molecule has 2 rings (SSSR count). The van der Waals surface area contributed by atoms with Gasteiger partial charge in [-0.2, -0.15) is 8.78 Å². The Morgan fingerprint density at radius 2 is 1.95 bits per heavy atom. The monoisotopic (exact) mass is 312 g/mol. The first-order chi connectivity index (χ1) is 10.5. The van der Waals surface area contributed by atoms with Gasteiger partial charge in [0.25, 0.3) is 0 Å². The Labute approximate surface area is 125 Å². The molecule has 3 amide bonds. The van der Waals surface area contributed by atoms with E-state index < -0.39 is 12.5 Å². The van der Waals surface area contributed by atoms with Crippen LogP contribution in [0.15, 0.2) is 24.3 Å². The Balaban J connectivity index is 1.86. The normalized spacial score (nSPS) is 14.6. The fourth-order valence-electron chi connectivity index (χ4n) is 2.06. The van der Waals surface area contributed by atoms with E-state index >= 15 is 0 Å². The number of likely N-dealkylation sites (tertiary alicyclic amines) is 1. The van der Waals surface area contributed by atoms with Crippen molar-refractivity contribution < 1.29 is 27.9 Å². The maximum Gasteiger partial charge on any atom is 0.387 e. The molecule has 0 radical (unpaired) electrons. The van der Waals surface area contributed by atoms with Gasteiger partial charge in [0.2, 0.25) is 17.7 Å². The Hall–Kier alpha value is -2.51. The molecule has 1 heterocycles. The molecule has 1 aliphatic rings. The van der Waals surface area contributed by atoms with Gasteiger partial charge < -0.3 is 10.1 Å². The van der Waals surface area contributed by atoms with Crippen molar-refractivity contribution >= 4 is 23.4 Å². The van der Waals surface area contributed by atoms with Gasteiger partial charge in [-0.25, -0.2) is 0 Å². The zero-order valence-electron chi connectivity index (χ0n) is 11.6. The molecular formula is C14H14F2N2O4. The van der Waals surface area contributed by atoms with Crippen LogP contribution in [0, 0.1) is 0 Å². The van der Waals surface area contributed by atoms with Gasteiger partial charge in [0, 0.05) is 37.6 Å². The first kappa shape index (κ1) is 15.9. The summed E-state index contributed by atoms with van der Waals surface area (Å²) < 4.78 is 28.4. The standard InChI is InChI=1S/C14H14F2N2O4/c15-14(16)22-10-3-1-2-9(8-10)17-11(19)6-7-18-12(20)4-5-13(18)21/h1-3,8,14H,4-7H2,(H,17,19). The van der Waals surface area contributed by atoms with Crippen LogP contribution in [0.3, 0.4) is 0 Å². The average Bonchev–Trinajstić information content (AvgIpc) is 2.75. The molecule has 22 heavy (non-hydrogen) atoms. The number of nitrogens with zero attached hydrogens (tertiary/aromatic N) is 1. The van der Waals surface area contributed by atoms with E-state index in [-0.39, 0.29) is 43.4 Å². The van der Waals surface area contributed by atoms with Crippen LogP contribution in [0.2, 0.25) is 0 Å². The molecule has 1 aliphatic heterocycles. The van der Waals surface area contributed by atoms with Gasteiger partial charge in [0.05, 0.1) is 0 Å². The highest BCUT2D eigenvalue weighted by Crippen LogP contribution is 2.19. The smallest absolute Gasteiger partial charge is 0.387 e. The number of anilines is 1. The number of carbonyl (C=O) groups excluding carboxylic acids is 3. The van der Waals surface area contributed by atoms with Crippen molar-refractivity contribution in [3.8, 4) is 5.75 Å². The molecule has 0 unspecified atom stereocenters. The Kier molecular flexibility index (Phi) is 5.03. The molecule has 1 fully saturated rings. The maximum absolute atomic E-state index is 12.1. The number of benzene rings is 1. The molecular weight excluding hydrogens is 298 g/mol. The van der Waals surface area contributed by atoms with Crippen LogP contribution in [0.5, 0.6) is 5.75 Å². The van der Waals surface area contributed by atoms with Gasteiger partial charge in [0.15, 0.2) is 0 Å². The van der Waals surface area contributed by atoms with E-state index in [1.54, 1.807) is 0 Å². The maximum atomic E-state index is 12.1. The number of alkyl halides is 2. The quantitative estimate of drug-likeness (QED) is 0.812. The van der Waals surface area contributed by atoms with E-state index in [1.165, 1.54) is 24.3 Å². The van der Waals surface area contributed by atoms with Crippen molar-refractivity contribution in [1.29, 1.82) is 0 Å². The van der Waals surface area contributed by atoms with E-state index in [2.05, 4.69) is 10.1 Å². The van der Waals surface area contributed by atoms with Gasteiger partial charge in [-0.05, 0) is 12.1 Å². The lowest BCUT2D eigenvalue weighted by atomic mass is 10.3. The number of halogens is 2. The van der Waals surface area contributed by atoms with Crippen LogP contribution in [0.1, 0.15) is 19.3 Å². The molecule has 0 atom stereocenters. The number of hydrogen-bond donors (Lipinski definition) is 1. The summed E-state index contributed by atoms with van der Waals surface area (Å²) in [6.45, 7) is -2.94. The predicted molar refractivity (Wildman–Crippen MR) is 72.3 cm³/mol. The second kappa shape index (κ2) is 6.97. The lowest BCUT2D eigenvalue weighted by Gasteiger charge is -2.13. The highest BCUT2D eigenvalue weighted by atomic mass is 19.3. The number of ether oxygens (including phenoxy) is 1. The van der Waals surface area contributed by atoms with Crippen LogP contribution < -0.4 is 10.1 Å². The SMILES string of the molecule is O=C(CCN1C(=O)CCC1=O)Nc1cccc(OC(F)F)c1. The third-order valence-electron chi connectivity index (χ3n) is 3.06. The largest absolute Gasteiger partial charge is 0.435 e. The minimum absolute atomic E-state index is 0.0106. The second-order valence-corrected chi connectivity index (χ2v) is 4.64. The minimum Gasteiger partial charge on any atom is -0.435 e. The summed E-state index contributed by atoms with van der Waals surface area (Å²) >= 11 is 0. The highest BCUT2D eigenvalue weighted by molar-refractivity contribution is 6.02. The summed E-state index contributed by atoms with van der Waals surface area (Å²) in [6, 6.07) is 5.57. The van der Waals surface area contributed by atoms with Gasteiger partial charge in [-0.1, -0.05) is 6.07 Å². The molecule has 118 valence electrons. The summed E-state index contributed by atoms with van der Waals surface area (Å²) in [5.74, 6) is -1.07. The van der Waals surface area contributed by atoms with Crippen LogP contribution in [-0.4, -0.2) is 35.8 Å². The Morgan fingerprint density at radius 3 is 2.59 bits per heavy atom. The summed E-state index contributed by atoms with van der Waals surface area (Å²) in [4.78, 5) is 35.6. The van der Waals surface area contributed by atoms with E-state index in [4.69, 9.17) is 0 Å². The zero-order chi connectivity index (χ0) is 16.1. The van der Waals surface area contributed by atoms with E-state index in [9.17, 15) is 23.2 Å². The van der Waals surface area contributed by atoms with E-state index in [0.717, 1.165) is 4.90 Å². The van der Waals surface area contributed by atoms with Crippen molar-refractivity contribution in [2.75, 3.05) is 11.9 Å². The lowest BCUT2D eigenvalue weighted by Crippen LogP contribution is -2.32. The first-order valence-corrected chi connectivity index (χ1v) is 6.63. The molecule has 8 heteroatoms. The van der Waals surface area contributed by atoms with E-state index in [0.29, 0.717) is 5.69 Å². The summed E-state index contributed by atoms with van der Waals surface area (Å²) in [5, 5.41) is 2.50. The number of rotatable bonds is 6. The number of imide groups is 1. The molecule has 6 nitrogen and oxygen atoms in total. The predicted octanol–water partition coefficient (Wildman–Crippen LogP) is 1.77. The van der Waals surface area contributed by atoms with Gasteiger partial charge in [-0.15, -0.1) is 0 Å². The van der Waals surface area contributed by atoms with Crippen molar-refractivity contribution in [2.24, 2.45) is 0 Å². The Morgan fingerprint density at radius 1 is 1.27 bits per heavy atom. The lowest BCUT2D eigenvalue weighted by molar-refractivity contribution is -0.138. The van der Waals surface area contributed by atoms with Crippen LogP contribution in [0.25, 0.3) is 0 Å². The molecule has 1 aromatic rings. The average molecular weight is 312 g/mol. The van der Waals surface area contributed by atoms with Crippen LogP contribution in [0.4, 0.5) is 14.5 Å². The topological polar surface area (TPSA) is 75.7 Å². The van der Waals surface area contributed by atoms with Gasteiger partial charge >= 0.3 is 6.61 Å². The van der Waals surface area contributed by atoms with Crippen LogP contribution in [-0.2, 0) is 14.4 Å². The number of carbonyl (C=O) groups is 3. The third kappa shape index (κ3) is 4.24. The van der Waals surface area contributed by atoms with Crippen molar-refractivity contribution in [2.45, 2.75) is 25.9 Å². The van der Waals surface area contributed by atoms with E-state index in [1.807, 2.05) is 0 Å². The molecule has 0 bridgehead atoms. The second-order valence-electron chi connectivity index (χ2n) is 4.64. The third-order valence-corrected chi connectivity index (χ3v) is 3.06. The summed E-state index contributed by atoms with van der Waals surface area (Å²) in [7, 11) is 0.